The van der Waals surface area contributed by atoms with Crippen LogP contribution in [0.25, 0.3) is 5.57 Å². The van der Waals surface area contributed by atoms with Gasteiger partial charge in [-0.05, 0) is 37.1 Å². The Morgan fingerprint density at radius 1 is 1.40 bits per heavy atom. The van der Waals surface area contributed by atoms with Gasteiger partial charge in [-0.2, -0.15) is 0 Å². The molecule has 1 unspecified atom stereocenters. The molecule has 0 radical (unpaired) electrons. The highest BCUT2D eigenvalue weighted by molar-refractivity contribution is 5.95. The van der Waals surface area contributed by atoms with Crippen LogP contribution in [0.3, 0.4) is 0 Å². The highest BCUT2D eigenvalue weighted by Crippen LogP contribution is 2.18. The van der Waals surface area contributed by atoms with E-state index >= 15 is 0 Å². The summed E-state index contributed by atoms with van der Waals surface area (Å²) in [6.45, 7) is 6.53. The Bertz CT molecular complexity index is 494. The van der Waals surface area contributed by atoms with Crippen LogP contribution in [0.1, 0.15) is 19.4 Å². The number of piperazine rings is 1. The van der Waals surface area contributed by atoms with Crippen LogP contribution in [0.15, 0.2) is 30.3 Å². The van der Waals surface area contributed by atoms with Gasteiger partial charge >= 0.3 is 0 Å². The molecule has 108 valence electrons. The van der Waals surface area contributed by atoms with Crippen LogP contribution in [0, 0.1) is 0 Å². The summed E-state index contributed by atoms with van der Waals surface area (Å²) in [5.74, 6) is 0.913. The molecule has 1 heterocycles. The van der Waals surface area contributed by atoms with Gasteiger partial charge in [0.1, 0.15) is 5.75 Å². The van der Waals surface area contributed by atoms with Crippen molar-refractivity contribution in [2.24, 2.45) is 0 Å². The monoisotopic (exact) mass is 274 g/mol. The topological polar surface area (TPSA) is 41.6 Å². The molecule has 1 N–H and O–H groups in total. The number of rotatable bonds is 3. The van der Waals surface area contributed by atoms with Crippen LogP contribution in [-0.2, 0) is 4.79 Å². The van der Waals surface area contributed by atoms with Crippen LogP contribution in [0.2, 0.25) is 0 Å². The van der Waals surface area contributed by atoms with Crippen molar-refractivity contribution >= 4 is 11.5 Å². The maximum Gasteiger partial charge on any atom is 0.247 e. The number of hydrogen-bond donors (Lipinski definition) is 1. The lowest BCUT2D eigenvalue weighted by Crippen LogP contribution is -2.51. The molecular formula is C16H22N2O2. The molecule has 1 saturated heterocycles. The number of ether oxygens (including phenoxy) is 1. The van der Waals surface area contributed by atoms with E-state index in [2.05, 4.69) is 12.2 Å². The fraction of sp³-hybridized carbons (Fsp3) is 0.438. The van der Waals surface area contributed by atoms with Crippen LogP contribution >= 0.6 is 0 Å². The lowest BCUT2D eigenvalue weighted by Gasteiger charge is -2.33. The summed E-state index contributed by atoms with van der Waals surface area (Å²) in [5.41, 5.74) is 2.02. The van der Waals surface area contributed by atoms with Gasteiger partial charge < -0.3 is 15.0 Å². The van der Waals surface area contributed by atoms with E-state index in [1.807, 2.05) is 36.1 Å². The van der Waals surface area contributed by atoms with Crippen molar-refractivity contribution in [3.05, 3.63) is 35.9 Å². The number of methoxy groups -OCH3 is 1. The van der Waals surface area contributed by atoms with Crippen molar-refractivity contribution in [3.8, 4) is 5.75 Å². The first kappa shape index (κ1) is 14.6. The first-order valence-electron chi connectivity index (χ1n) is 6.96. The second kappa shape index (κ2) is 6.57. The smallest absolute Gasteiger partial charge is 0.247 e. The van der Waals surface area contributed by atoms with Crippen molar-refractivity contribution < 1.29 is 9.53 Å². The van der Waals surface area contributed by atoms with Gasteiger partial charge in [0.25, 0.3) is 0 Å². The number of nitrogens with zero attached hydrogens (tertiary/aromatic N) is 1. The van der Waals surface area contributed by atoms with Crippen LogP contribution in [0.5, 0.6) is 5.75 Å². The van der Waals surface area contributed by atoms with E-state index < -0.39 is 0 Å². The van der Waals surface area contributed by atoms with Crippen molar-refractivity contribution in [3.63, 3.8) is 0 Å². The van der Waals surface area contributed by atoms with E-state index in [0.29, 0.717) is 0 Å². The fourth-order valence-corrected chi connectivity index (χ4v) is 2.37. The number of amides is 1. The van der Waals surface area contributed by atoms with Crippen molar-refractivity contribution in [1.29, 1.82) is 0 Å². The second-order valence-electron chi connectivity index (χ2n) is 5.14. The summed E-state index contributed by atoms with van der Waals surface area (Å²) >= 11 is 0. The molecule has 1 atom stereocenters. The molecule has 1 amide bonds. The Balaban J connectivity index is 2.09. The molecule has 1 aromatic rings. The minimum atomic E-state index is 0.0901. The summed E-state index contributed by atoms with van der Waals surface area (Å²) in [6.07, 6.45) is 1.73. The highest BCUT2D eigenvalue weighted by atomic mass is 16.5. The first-order valence-corrected chi connectivity index (χ1v) is 6.96. The standard InChI is InChI=1S/C16H22N2O2/c1-12(14-4-6-15(20-3)7-5-14)10-16(19)18-9-8-17-11-13(18)2/h4-7,10,13,17H,8-9,11H2,1-3H3. The Kier molecular flexibility index (Phi) is 4.79. The Morgan fingerprint density at radius 2 is 2.10 bits per heavy atom. The number of benzene rings is 1. The number of nitrogens with one attached hydrogen (secondary N) is 1. The number of carbonyl (C=O) groups is 1. The number of hydrogen-bond acceptors (Lipinski definition) is 3. The Morgan fingerprint density at radius 3 is 2.70 bits per heavy atom. The van der Waals surface area contributed by atoms with Gasteiger partial charge in [-0.15, -0.1) is 0 Å². The molecule has 0 aliphatic carbocycles. The Labute approximate surface area is 120 Å². The quantitative estimate of drug-likeness (QED) is 0.856. The predicted octanol–water partition coefficient (Wildman–Crippen LogP) is 1.92. The van der Waals surface area contributed by atoms with Gasteiger partial charge in [-0.1, -0.05) is 12.1 Å². The Hall–Kier alpha value is -1.81. The molecule has 0 bridgehead atoms. The molecule has 20 heavy (non-hydrogen) atoms. The molecular weight excluding hydrogens is 252 g/mol. The molecule has 0 aromatic heterocycles. The average Bonchev–Trinajstić information content (AvgIpc) is 2.47. The molecule has 1 aromatic carbocycles. The van der Waals surface area contributed by atoms with E-state index in [-0.39, 0.29) is 11.9 Å². The summed E-state index contributed by atoms with van der Waals surface area (Å²) in [7, 11) is 1.65. The van der Waals surface area contributed by atoms with E-state index in [0.717, 1.165) is 36.5 Å². The van der Waals surface area contributed by atoms with Crippen molar-refractivity contribution in [1.82, 2.24) is 10.2 Å². The molecule has 4 nitrogen and oxygen atoms in total. The first-order chi connectivity index (χ1) is 9.61. The highest BCUT2D eigenvalue weighted by Gasteiger charge is 2.21. The zero-order valence-electron chi connectivity index (χ0n) is 12.3. The van der Waals surface area contributed by atoms with E-state index in [9.17, 15) is 4.79 Å². The van der Waals surface area contributed by atoms with Gasteiger partial charge in [0.2, 0.25) is 5.91 Å². The summed E-state index contributed by atoms with van der Waals surface area (Å²) < 4.78 is 5.14. The molecule has 1 aliphatic rings. The van der Waals surface area contributed by atoms with E-state index in [1.165, 1.54) is 0 Å². The third kappa shape index (κ3) is 3.39. The third-order valence-electron chi connectivity index (χ3n) is 3.67. The second-order valence-corrected chi connectivity index (χ2v) is 5.14. The predicted molar refractivity (Wildman–Crippen MR) is 80.7 cm³/mol. The maximum atomic E-state index is 12.3. The van der Waals surface area contributed by atoms with Crippen LogP contribution in [-0.4, -0.2) is 43.6 Å². The molecule has 0 spiro atoms. The molecule has 2 rings (SSSR count). The molecule has 0 saturated carbocycles. The number of carbonyl (C=O) groups excluding carboxylic acids is 1. The van der Waals surface area contributed by atoms with Crippen molar-refractivity contribution in [2.45, 2.75) is 19.9 Å². The summed E-state index contributed by atoms with van der Waals surface area (Å²) in [6, 6.07) is 8.00. The van der Waals surface area contributed by atoms with Gasteiger partial charge in [-0.25, -0.2) is 0 Å². The summed E-state index contributed by atoms with van der Waals surface area (Å²) in [5, 5.41) is 3.29. The van der Waals surface area contributed by atoms with Gasteiger partial charge in [0.05, 0.1) is 7.11 Å². The maximum absolute atomic E-state index is 12.3. The third-order valence-corrected chi connectivity index (χ3v) is 3.67. The zero-order valence-corrected chi connectivity index (χ0v) is 12.3. The fourth-order valence-electron chi connectivity index (χ4n) is 2.37. The molecule has 4 heteroatoms. The van der Waals surface area contributed by atoms with Gasteiger partial charge in [-0.3, -0.25) is 4.79 Å². The minimum absolute atomic E-state index is 0.0901. The minimum Gasteiger partial charge on any atom is -0.497 e. The SMILES string of the molecule is COc1ccc(C(C)=CC(=O)N2CCNCC2C)cc1. The van der Waals surface area contributed by atoms with Gasteiger partial charge in [0.15, 0.2) is 0 Å². The van der Waals surface area contributed by atoms with Gasteiger partial charge in [0, 0.05) is 31.8 Å². The lowest BCUT2D eigenvalue weighted by atomic mass is 10.1. The lowest BCUT2D eigenvalue weighted by molar-refractivity contribution is -0.128. The van der Waals surface area contributed by atoms with E-state index in [1.54, 1.807) is 13.2 Å². The summed E-state index contributed by atoms with van der Waals surface area (Å²) in [4.78, 5) is 14.2. The van der Waals surface area contributed by atoms with Crippen molar-refractivity contribution in [2.75, 3.05) is 26.7 Å². The zero-order chi connectivity index (χ0) is 14.5. The molecule has 1 fully saturated rings. The largest absolute Gasteiger partial charge is 0.497 e. The van der Waals surface area contributed by atoms with Crippen LogP contribution < -0.4 is 10.1 Å². The average molecular weight is 274 g/mol. The van der Waals surface area contributed by atoms with Crippen LogP contribution in [0.4, 0.5) is 0 Å². The number of allylic oxidation sites excluding steroid dienone is 1. The van der Waals surface area contributed by atoms with E-state index in [4.69, 9.17) is 4.74 Å². The normalized spacial score (nSPS) is 19.9. The molecule has 1 aliphatic heterocycles.